The molecule has 154 valence electrons. The van der Waals surface area contributed by atoms with E-state index in [9.17, 15) is 22.4 Å². The molecule has 0 aliphatic carbocycles. The highest BCUT2D eigenvalue weighted by Crippen LogP contribution is 2.23. The number of carbonyl (C=O) groups is 2. The van der Waals surface area contributed by atoms with E-state index in [4.69, 9.17) is 5.14 Å². The average molecular weight is 484 g/mol. The Morgan fingerprint density at radius 1 is 1.10 bits per heavy atom. The van der Waals surface area contributed by atoms with Crippen molar-refractivity contribution in [1.29, 1.82) is 0 Å². The summed E-state index contributed by atoms with van der Waals surface area (Å²) in [5.74, 6) is -1.50. The highest BCUT2D eigenvalue weighted by Gasteiger charge is 2.29. The lowest BCUT2D eigenvalue weighted by molar-refractivity contribution is -0.121. The SMILES string of the molecule is NS(=O)(=O)c1ccc(NC(=O)C2CCN(C(=O)c3cc(Br)ccc3F)CC2)cc1. The first-order valence-corrected chi connectivity index (χ1v) is 11.2. The molecular formula is C19H19BrFN3O4S. The summed E-state index contributed by atoms with van der Waals surface area (Å²) in [4.78, 5) is 26.5. The fourth-order valence-electron chi connectivity index (χ4n) is 3.15. The molecule has 0 atom stereocenters. The Balaban J connectivity index is 1.58. The van der Waals surface area contributed by atoms with E-state index in [0.717, 1.165) is 0 Å². The van der Waals surface area contributed by atoms with Crippen molar-refractivity contribution in [2.45, 2.75) is 17.7 Å². The lowest BCUT2D eigenvalue weighted by Gasteiger charge is -2.31. The number of piperidine rings is 1. The molecule has 10 heteroatoms. The molecular weight excluding hydrogens is 465 g/mol. The molecule has 2 aromatic carbocycles. The molecule has 0 spiro atoms. The van der Waals surface area contributed by atoms with E-state index in [2.05, 4.69) is 21.2 Å². The number of nitrogens with zero attached hydrogens (tertiary/aromatic N) is 1. The second-order valence-electron chi connectivity index (χ2n) is 6.75. The quantitative estimate of drug-likeness (QED) is 0.696. The maximum Gasteiger partial charge on any atom is 0.256 e. The number of nitrogens with one attached hydrogen (secondary N) is 1. The molecule has 1 aliphatic rings. The van der Waals surface area contributed by atoms with Gasteiger partial charge in [0.2, 0.25) is 15.9 Å². The van der Waals surface area contributed by atoms with Gasteiger partial charge in [0.1, 0.15) is 5.82 Å². The number of anilines is 1. The van der Waals surface area contributed by atoms with Crippen molar-refractivity contribution >= 4 is 43.5 Å². The van der Waals surface area contributed by atoms with Gasteiger partial charge in [0.25, 0.3) is 5.91 Å². The maximum absolute atomic E-state index is 13.9. The van der Waals surface area contributed by atoms with E-state index < -0.39 is 21.7 Å². The summed E-state index contributed by atoms with van der Waals surface area (Å²) in [5, 5.41) is 7.79. The molecule has 3 rings (SSSR count). The second kappa shape index (κ2) is 8.60. The minimum atomic E-state index is -3.79. The Morgan fingerprint density at radius 3 is 2.31 bits per heavy atom. The largest absolute Gasteiger partial charge is 0.339 e. The molecule has 2 amide bonds. The molecule has 0 saturated carbocycles. The van der Waals surface area contributed by atoms with E-state index in [0.29, 0.717) is 36.1 Å². The van der Waals surface area contributed by atoms with Gasteiger partial charge in [-0.25, -0.2) is 17.9 Å². The normalized spacial score (nSPS) is 15.2. The molecule has 1 fully saturated rings. The third-order valence-corrected chi connectivity index (χ3v) is 6.18. The minimum Gasteiger partial charge on any atom is -0.339 e. The zero-order valence-electron chi connectivity index (χ0n) is 15.3. The topological polar surface area (TPSA) is 110 Å². The molecule has 1 saturated heterocycles. The predicted octanol–water partition coefficient (Wildman–Crippen LogP) is 2.73. The highest BCUT2D eigenvalue weighted by atomic mass is 79.9. The summed E-state index contributed by atoms with van der Waals surface area (Å²) < 4.78 is 37.1. The Morgan fingerprint density at radius 2 is 1.72 bits per heavy atom. The van der Waals surface area contributed by atoms with E-state index in [1.165, 1.54) is 47.4 Å². The van der Waals surface area contributed by atoms with Gasteiger partial charge in [-0.2, -0.15) is 0 Å². The molecule has 3 N–H and O–H groups in total. The number of sulfonamides is 1. The third kappa shape index (κ3) is 5.20. The molecule has 0 unspecified atom stereocenters. The van der Waals surface area contributed by atoms with Crippen molar-refractivity contribution in [1.82, 2.24) is 4.90 Å². The van der Waals surface area contributed by atoms with Gasteiger partial charge in [0.15, 0.2) is 0 Å². The van der Waals surface area contributed by atoms with Gasteiger partial charge in [-0.3, -0.25) is 9.59 Å². The van der Waals surface area contributed by atoms with Gasteiger partial charge in [-0.15, -0.1) is 0 Å². The predicted molar refractivity (Wildman–Crippen MR) is 109 cm³/mol. The number of hydrogen-bond acceptors (Lipinski definition) is 4. The first-order chi connectivity index (χ1) is 13.6. The van der Waals surface area contributed by atoms with Crippen LogP contribution in [0.2, 0.25) is 0 Å². The number of likely N-dealkylation sites (tertiary alicyclic amines) is 1. The summed E-state index contributed by atoms with van der Waals surface area (Å²) in [6.07, 6.45) is 0.894. The molecule has 0 radical (unpaired) electrons. The fourth-order valence-corrected chi connectivity index (χ4v) is 4.03. The number of nitrogens with two attached hydrogens (primary N) is 1. The smallest absolute Gasteiger partial charge is 0.256 e. The number of amides is 2. The van der Waals surface area contributed by atoms with E-state index in [1.807, 2.05) is 0 Å². The zero-order chi connectivity index (χ0) is 21.2. The molecule has 0 bridgehead atoms. The van der Waals surface area contributed by atoms with Crippen LogP contribution in [0.1, 0.15) is 23.2 Å². The number of halogens is 2. The van der Waals surface area contributed by atoms with Crippen molar-refractivity contribution in [2.24, 2.45) is 11.1 Å². The van der Waals surface area contributed by atoms with Crippen LogP contribution in [0.3, 0.4) is 0 Å². The average Bonchev–Trinajstić information content (AvgIpc) is 2.69. The standard InChI is InChI=1S/C19H19BrFN3O4S/c20-13-1-6-17(21)16(11-13)19(26)24-9-7-12(8-10-24)18(25)23-14-2-4-15(5-3-14)29(22,27)28/h1-6,11-12H,7-10H2,(H,23,25)(H2,22,27,28). The van der Waals surface area contributed by atoms with E-state index in [-0.39, 0.29) is 22.3 Å². The van der Waals surface area contributed by atoms with Crippen LogP contribution < -0.4 is 10.5 Å². The monoisotopic (exact) mass is 483 g/mol. The highest BCUT2D eigenvalue weighted by molar-refractivity contribution is 9.10. The minimum absolute atomic E-state index is 0.00257. The van der Waals surface area contributed by atoms with Gasteiger partial charge in [-0.05, 0) is 55.3 Å². The van der Waals surface area contributed by atoms with Crippen molar-refractivity contribution in [2.75, 3.05) is 18.4 Å². The Labute approximate surface area is 176 Å². The number of rotatable bonds is 4. The van der Waals surface area contributed by atoms with Crippen molar-refractivity contribution < 1.29 is 22.4 Å². The Kier molecular flexibility index (Phi) is 6.35. The summed E-state index contributed by atoms with van der Waals surface area (Å²) in [7, 11) is -3.79. The molecule has 7 nitrogen and oxygen atoms in total. The number of benzene rings is 2. The zero-order valence-corrected chi connectivity index (χ0v) is 17.7. The molecule has 0 aromatic heterocycles. The van der Waals surface area contributed by atoms with Crippen molar-refractivity contribution in [3.05, 3.63) is 58.3 Å². The number of primary sulfonamides is 1. The van der Waals surface area contributed by atoms with Gasteiger partial charge in [0, 0.05) is 29.2 Å². The summed E-state index contributed by atoms with van der Waals surface area (Å²) >= 11 is 3.23. The van der Waals surface area contributed by atoms with Gasteiger partial charge < -0.3 is 10.2 Å². The van der Waals surface area contributed by atoms with Crippen LogP contribution in [-0.2, 0) is 14.8 Å². The van der Waals surface area contributed by atoms with Gasteiger partial charge in [0.05, 0.1) is 10.5 Å². The van der Waals surface area contributed by atoms with Gasteiger partial charge >= 0.3 is 0 Å². The number of hydrogen-bond donors (Lipinski definition) is 2. The lowest BCUT2D eigenvalue weighted by atomic mass is 9.95. The van der Waals surface area contributed by atoms with Crippen molar-refractivity contribution in [3.63, 3.8) is 0 Å². The first-order valence-electron chi connectivity index (χ1n) is 8.83. The second-order valence-corrected chi connectivity index (χ2v) is 9.23. The van der Waals surface area contributed by atoms with Crippen LogP contribution in [0.4, 0.5) is 10.1 Å². The van der Waals surface area contributed by atoms with Crippen LogP contribution in [0, 0.1) is 11.7 Å². The van der Waals surface area contributed by atoms with Crippen LogP contribution >= 0.6 is 15.9 Å². The molecule has 29 heavy (non-hydrogen) atoms. The Bertz CT molecular complexity index is 1040. The Hall–Kier alpha value is -2.30. The maximum atomic E-state index is 13.9. The summed E-state index contributed by atoms with van der Waals surface area (Å²) in [5.41, 5.74) is 0.453. The van der Waals surface area contributed by atoms with Gasteiger partial charge in [-0.1, -0.05) is 15.9 Å². The molecule has 2 aromatic rings. The van der Waals surface area contributed by atoms with Crippen LogP contribution in [0.25, 0.3) is 0 Å². The lowest BCUT2D eigenvalue weighted by Crippen LogP contribution is -2.41. The van der Waals surface area contributed by atoms with Crippen LogP contribution in [0.15, 0.2) is 51.8 Å². The van der Waals surface area contributed by atoms with Crippen LogP contribution in [-0.4, -0.2) is 38.2 Å². The third-order valence-electron chi connectivity index (χ3n) is 4.76. The number of carbonyl (C=O) groups excluding carboxylic acids is 2. The van der Waals surface area contributed by atoms with Crippen LogP contribution in [0.5, 0.6) is 0 Å². The molecule has 1 aliphatic heterocycles. The van der Waals surface area contributed by atoms with E-state index >= 15 is 0 Å². The van der Waals surface area contributed by atoms with E-state index in [1.54, 1.807) is 0 Å². The first kappa shape index (κ1) is 21.4. The fraction of sp³-hybridized carbons (Fsp3) is 0.263. The summed E-state index contributed by atoms with van der Waals surface area (Å²) in [6.45, 7) is 0.681. The van der Waals surface area contributed by atoms with Crippen molar-refractivity contribution in [3.8, 4) is 0 Å². The summed E-state index contributed by atoms with van der Waals surface area (Å²) in [6, 6.07) is 9.77. The molecule has 1 heterocycles.